The quantitative estimate of drug-likeness (QED) is 0.331. The number of thiophene rings is 1. The molecule has 5 heterocycles. The highest BCUT2D eigenvalue weighted by Gasteiger charge is 2.33. The minimum Gasteiger partial charge on any atom is -0.371 e. The molecule has 0 unspecified atom stereocenters. The highest BCUT2D eigenvalue weighted by atomic mass is 32.1. The fourth-order valence-electron chi connectivity index (χ4n) is 5.92. The van der Waals surface area contributed by atoms with Crippen molar-refractivity contribution < 1.29 is 9.18 Å². The first kappa shape index (κ1) is 22.9. The van der Waals surface area contributed by atoms with Gasteiger partial charge < -0.3 is 9.80 Å². The molecule has 6 nitrogen and oxygen atoms in total. The van der Waals surface area contributed by atoms with Gasteiger partial charge in [-0.3, -0.25) is 4.79 Å². The number of nitrogens with zero attached hydrogens (tertiary/aromatic N) is 5. The Kier molecular flexibility index (Phi) is 5.36. The molecule has 4 aromatic rings. The number of anilines is 1. The molecule has 1 saturated heterocycles. The predicted molar refractivity (Wildman–Crippen MR) is 144 cm³/mol. The van der Waals surface area contributed by atoms with Crippen molar-refractivity contribution in [3.05, 3.63) is 69.4 Å². The smallest absolute Gasteiger partial charge is 0.273 e. The van der Waals surface area contributed by atoms with Crippen LogP contribution in [0.25, 0.3) is 16.9 Å². The van der Waals surface area contributed by atoms with Crippen LogP contribution in [0.3, 0.4) is 0 Å². The molecule has 190 valence electrons. The number of benzene rings is 1. The molecular weight excluding hydrogens is 485 g/mol. The Morgan fingerprint density at radius 1 is 1.08 bits per heavy atom. The highest BCUT2D eigenvalue weighted by Crippen LogP contribution is 2.41. The van der Waals surface area contributed by atoms with Gasteiger partial charge in [0.1, 0.15) is 11.5 Å². The van der Waals surface area contributed by atoms with Crippen molar-refractivity contribution in [2.45, 2.75) is 51.5 Å². The van der Waals surface area contributed by atoms with E-state index in [0.29, 0.717) is 41.0 Å². The third-order valence-corrected chi connectivity index (χ3v) is 9.22. The number of halogens is 1. The monoisotopic (exact) mass is 515 g/mol. The molecule has 37 heavy (non-hydrogen) atoms. The zero-order valence-electron chi connectivity index (χ0n) is 21.2. The second-order valence-corrected chi connectivity index (χ2v) is 11.9. The lowest BCUT2D eigenvalue weighted by molar-refractivity contribution is 0.0673. The van der Waals surface area contributed by atoms with E-state index in [9.17, 15) is 4.79 Å². The van der Waals surface area contributed by atoms with Gasteiger partial charge in [0.05, 0.1) is 11.7 Å². The van der Waals surface area contributed by atoms with E-state index in [-0.39, 0.29) is 17.8 Å². The molecule has 1 amide bonds. The summed E-state index contributed by atoms with van der Waals surface area (Å²) in [5, 5.41) is 6.88. The molecule has 7 rings (SSSR count). The van der Waals surface area contributed by atoms with Crippen LogP contribution < -0.4 is 4.90 Å². The molecule has 3 aliphatic rings. The zero-order chi connectivity index (χ0) is 25.3. The molecular formula is C29H30FN5OS. The Hall–Kier alpha value is -3.26. The second kappa shape index (κ2) is 8.65. The number of carbonyl (C=O) groups is 1. The first-order chi connectivity index (χ1) is 18.0. The van der Waals surface area contributed by atoms with E-state index in [1.807, 2.05) is 33.7 Å². The number of amides is 1. The summed E-state index contributed by atoms with van der Waals surface area (Å²) in [7, 11) is 0. The predicted octanol–water partition coefficient (Wildman–Crippen LogP) is 6.08. The van der Waals surface area contributed by atoms with E-state index in [4.69, 9.17) is 10.1 Å². The normalized spacial score (nSPS) is 21.6. The summed E-state index contributed by atoms with van der Waals surface area (Å²) in [5.41, 5.74) is 5.21. The number of aromatic nitrogens is 3. The molecule has 0 N–H and O–H groups in total. The lowest BCUT2D eigenvalue weighted by Crippen LogP contribution is -2.38. The van der Waals surface area contributed by atoms with Crippen LogP contribution in [-0.2, 0) is 6.42 Å². The van der Waals surface area contributed by atoms with E-state index < -0.39 is 0 Å². The van der Waals surface area contributed by atoms with Crippen molar-refractivity contribution in [3.63, 3.8) is 0 Å². The van der Waals surface area contributed by atoms with Crippen molar-refractivity contribution in [2.24, 2.45) is 5.92 Å². The standard InChI is InChI=1S/C29H30FN5OS/c1-17-7-10-33(16-17)20-5-6-22(23(30)13-20)24-15-28-31-25(14-26(19-3-4-19)35(28)32-24)29(36)34-11-8-27-21(18(34)2)9-12-37-27/h5-6,9,12-15,17-19H,3-4,7-8,10-11,16H2,1-2H3/t17-,18-/m1/s1. The van der Waals surface area contributed by atoms with E-state index >= 15 is 4.39 Å². The highest BCUT2D eigenvalue weighted by molar-refractivity contribution is 7.10. The number of hydrogen-bond donors (Lipinski definition) is 0. The lowest BCUT2D eigenvalue weighted by atomic mass is 10.0. The van der Waals surface area contributed by atoms with E-state index in [0.717, 1.165) is 50.2 Å². The molecule has 8 heteroatoms. The average molecular weight is 516 g/mol. The maximum absolute atomic E-state index is 15.3. The summed E-state index contributed by atoms with van der Waals surface area (Å²) in [6.07, 6.45) is 4.15. The summed E-state index contributed by atoms with van der Waals surface area (Å²) in [6, 6.07) is 11.3. The Morgan fingerprint density at radius 2 is 1.95 bits per heavy atom. The van der Waals surface area contributed by atoms with Gasteiger partial charge in [-0.1, -0.05) is 6.92 Å². The van der Waals surface area contributed by atoms with Crippen LogP contribution in [0, 0.1) is 11.7 Å². The molecule has 2 atom stereocenters. The maximum Gasteiger partial charge on any atom is 0.273 e. The first-order valence-corrected chi connectivity index (χ1v) is 14.2. The van der Waals surface area contributed by atoms with Crippen molar-refractivity contribution in [1.82, 2.24) is 19.5 Å². The number of hydrogen-bond acceptors (Lipinski definition) is 5. The van der Waals surface area contributed by atoms with Gasteiger partial charge in [-0.25, -0.2) is 13.9 Å². The van der Waals surface area contributed by atoms with Crippen LogP contribution in [0.5, 0.6) is 0 Å². The lowest BCUT2D eigenvalue weighted by Gasteiger charge is -2.33. The summed E-state index contributed by atoms with van der Waals surface area (Å²) >= 11 is 1.77. The van der Waals surface area contributed by atoms with Crippen LogP contribution in [0.15, 0.2) is 41.8 Å². The average Bonchev–Trinajstić information content (AvgIpc) is 3.25. The van der Waals surface area contributed by atoms with Crippen LogP contribution in [-0.4, -0.2) is 45.0 Å². The Labute approximate surface area is 219 Å². The van der Waals surface area contributed by atoms with Gasteiger partial charge in [-0.15, -0.1) is 11.3 Å². The van der Waals surface area contributed by atoms with Crippen molar-refractivity contribution in [2.75, 3.05) is 24.5 Å². The number of fused-ring (bicyclic) bond motifs is 2. The van der Waals surface area contributed by atoms with E-state index in [1.165, 1.54) is 10.4 Å². The fraction of sp³-hybridized carbons (Fsp3) is 0.414. The minimum absolute atomic E-state index is 0.0246. The van der Waals surface area contributed by atoms with Gasteiger partial charge in [0.15, 0.2) is 5.65 Å². The molecule has 1 aromatic carbocycles. The third-order valence-electron chi connectivity index (χ3n) is 8.23. The van der Waals surface area contributed by atoms with Gasteiger partial charge in [0.25, 0.3) is 5.91 Å². The fourth-order valence-corrected chi connectivity index (χ4v) is 6.88. The largest absolute Gasteiger partial charge is 0.371 e. The Bertz CT molecular complexity index is 1520. The van der Waals surface area contributed by atoms with Gasteiger partial charge in [-0.05, 0) is 79.8 Å². The van der Waals surface area contributed by atoms with Crippen LogP contribution in [0.4, 0.5) is 10.1 Å². The molecule has 0 spiro atoms. The van der Waals surface area contributed by atoms with Crippen molar-refractivity contribution >= 4 is 28.6 Å². The van der Waals surface area contributed by atoms with E-state index in [2.05, 4.69) is 30.2 Å². The molecule has 2 aliphatic heterocycles. The molecule has 3 aromatic heterocycles. The Balaban J connectivity index is 1.24. The summed E-state index contributed by atoms with van der Waals surface area (Å²) in [4.78, 5) is 24.0. The number of rotatable bonds is 4. The van der Waals surface area contributed by atoms with Crippen molar-refractivity contribution in [3.8, 4) is 11.3 Å². The van der Waals surface area contributed by atoms with Gasteiger partial charge in [0, 0.05) is 53.4 Å². The molecule has 1 saturated carbocycles. The van der Waals surface area contributed by atoms with Gasteiger partial charge in [-0.2, -0.15) is 5.10 Å². The molecule has 0 bridgehead atoms. The Morgan fingerprint density at radius 3 is 2.70 bits per heavy atom. The van der Waals surface area contributed by atoms with Crippen molar-refractivity contribution in [1.29, 1.82) is 0 Å². The number of carbonyl (C=O) groups excluding carboxylic acids is 1. The minimum atomic E-state index is -0.279. The summed E-state index contributed by atoms with van der Waals surface area (Å²) in [6.45, 7) is 6.94. The van der Waals surface area contributed by atoms with E-state index in [1.54, 1.807) is 17.4 Å². The van der Waals surface area contributed by atoms with Crippen LogP contribution in [0.2, 0.25) is 0 Å². The maximum atomic E-state index is 15.3. The summed E-state index contributed by atoms with van der Waals surface area (Å²) in [5.74, 6) is 0.659. The molecule has 1 aliphatic carbocycles. The topological polar surface area (TPSA) is 53.7 Å². The third kappa shape index (κ3) is 3.93. The van der Waals surface area contributed by atoms with Crippen LogP contribution >= 0.6 is 11.3 Å². The van der Waals surface area contributed by atoms with Gasteiger partial charge in [0.2, 0.25) is 0 Å². The SMILES string of the molecule is C[C@@H]1CCN(c2ccc(-c3cc4nc(C(=O)N5CCc6sccc6[C@H]5C)cc(C5CC5)n4n3)c(F)c2)C1. The zero-order valence-corrected chi connectivity index (χ0v) is 22.0. The second-order valence-electron chi connectivity index (χ2n) is 10.9. The van der Waals surface area contributed by atoms with Crippen LogP contribution in [0.1, 0.15) is 71.7 Å². The van der Waals surface area contributed by atoms with Gasteiger partial charge >= 0.3 is 0 Å². The molecule has 2 fully saturated rings. The first-order valence-electron chi connectivity index (χ1n) is 13.3. The summed E-state index contributed by atoms with van der Waals surface area (Å²) < 4.78 is 17.1. The molecule has 0 radical (unpaired) electrons.